The van der Waals surface area contributed by atoms with E-state index in [0.717, 1.165) is 50.3 Å². The normalized spacial score (nSPS) is 22.5. The molecule has 3 atom stereocenters. The Hall–Kier alpha value is -0.960. The highest BCUT2D eigenvalue weighted by Crippen LogP contribution is 2.41. The van der Waals surface area contributed by atoms with Gasteiger partial charge in [0, 0.05) is 55.1 Å². The van der Waals surface area contributed by atoms with Crippen LogP contribution < -0.4 is 11.3 Å². The third-order valence-corrected chi connectivity index (χ3v) is 8.91. The number of thioether (sulfide) groups is 1. The Bertz CT molecular complexity index is 767. The molecule has 3 N–H and O–H groups in total. The number of nitrogens with two attached hydrogens (primary N) is 1. The van der Waals surface area contributed by atoms with Gasteiger partial charge in [0.25, 0.3) is 0 Å². The number of hydrogen-bond donors (Lipinski definition) is 2. The molecular formula is C25H40FN3O2S2. The van der Waals surface area contributed by atoms with E-state index in [9.17, 15) is 8.68 Å². The van der Waals surface area contributed by atoms with Gasteiger partial charge in [-0.1, -0.05) is 37.8 Å². The number of fused-ring (bicyclic) bond motifs is 3. The van der Waals surface area contributed by atoms with E-state index < -0.39 is 6.09 Å². The molecule has 1 aromatic carbocycles. The van der Waals surface area contributed by atoms with Crippen LogP contribution in [0, 0.1) is 19.8 Å². The third-order valence-electron chi connectivity index (χ3n) is 7.22. The van der Waals surface area contributed by atoms with E-state index in [1.54, 1.807) is 0 Å². The second-order valence-corrected chi connectivity index (χ2v) is 11.3. The maximum absolute atomic E-state index is 12.0. The molecule has 0 aliphatic carbocycles. The first kappa shape index (κ1) is 26.6. The van der Waals surface area contributed by atoms with Crippen LogP contribution in [0.4, 0.5) is 8.68 Å². The molecule has 1 fully saturated rings. The molecule has 8 heteroatoms. The van der Waals surface area contributed by atoms with Crippen LogP contribution in [0.15, 0.2) is 12.1 Å². The van der Waals surface area contributed by atoms with Crippen molar-refractivity contribution in [3.63, 3.8) is 0 Å². The van der Waals surface area contributed by atoms with Crippen LogP contribution in [0.5, 0.6) is 0 Å². The molecule has 5 nitrogen and oxygen atoms in total. The highest BCUT2D eigenvalue weighted by atomic mass is 32.2. The summed E-state index contributed by atoms with van der Waals surface area (Å²) < 4.78 is 17.8. The van der Waals surface area contributed by atoms with E-state index in [1.165, 1.54) is 47.9 Å². The lowest BCUT2D eigenvalue weighted by Gasteiger charge is -2.47. The number of nitrogens with zero attached hydrogens (tertiary/aromatic N) is 1. The first-order valence-electron chi connectivity index (χ1n) is 12.4. The van der Waals surface area contributed by atoms with E-state index in [-0.39, 0.29) is 6.10 Å². The summed E-state index contributed by atoms with van der Waals surface area (Å²) in [6.45, 7) is 6.41. The quantitative estimate of drug-likeness (QED) is 0.163. The number of rotatable bonds is 12. The van der Waals surface area contributed by atoms with Gasteiger partial charge in [-0.3, -0.25) is 10.3 Å². The Morgan fingerprint density at radius 1 is 1.15 bits per heavy atom. The van der Waals surface area contributed by atoms with Crippen molar-refractivity contribution in [3.05, 3.63) is 34.4 Å². The van der Waals surface area contributed by atoms with Crippen molar-refractivity contribution < 1.29 is 13.4 Å². The fraction of sp³-hybridized carbons (Fsp3) is 0.720. The summed E-state index contributed by atoms with van der Waals surface area (Å²) in [4.78, 5) is 14.6. The fourth-order valence-corrected chi connectivity index (χ4v) is 6.63. The summed E-state index contributed by atoms with van der Waals surface area (Å²) in [6.07, 6.45) is 8.42. The Morgan fingerprint density at radius 3 is 2.70 bits per heavy atom. The molecular weight excluding hydrogens is 457 g/mol. The molecule has 0 saturated carbocycles. The van der Waals surface area contributed by atoms with Gasteiger partial charge in [0.05, 0.1) is 0 Å². The molecule has 186 valence electrons. The maximum atomic E-state index is 12.0. The number of nitrogens with one attached hydrogen (secondary N) is 1. The number of hydrazine groups is 1. The Balaban J connectivity index is 1.51. The molecule has 0 aromatic heterocycles. The molecule has 0 bridgehead atoms. The number of benzene rings is 1. The number of piperidine rings is 1. The van der Waals surface area contributed by atoms with Crippen molar-refractivity contribution in [2.24, 2.45) is 11.8 Å². The predicted molar refractivity (Wildman–Crippen MR) is 138 cm³/mol. The van der Waals surface area contributed by atoms with Crippen molar-refractivity contribution in [1.29, 1.82) is 0 Å². The second-order valence-electron chi connectivity index (χ2n) is 9.46. The Morgan fingerprint density at radius 2 is 1.91 bits per heavy atom. The van der Waals surface area contributed by atoms with Gasteiger partial charge >= 0.3 is 6.09 Å². The van der Waals surface area contributed by atoms with E-state index in [4.69, 9.17) is 10.6 Å². The number of unbranched alkanes of at least 4 members (excludes halogenated alkanes) is 4. The third kappa shape index (κ3) is 7.77. The van der Waals surface area contributed by atoms with Crippen molar-refractivity contribution in [3.8, 4) is 0 Å². The molecule has 33 heavy (non-hydrogen) atoms. The van der Waals surface area contributed by atoms with Gasteiger partial charge in [-0.15, -0.1) is 0 Å². The van der Waals surface area contributed by atoms with Crippen molar-refractivity contribution in [2.75, 3.05) is 30.3 Å². The Labute approximate surface area is 207 Å². The molecule has 2 heterocycles. The number of aryl methyl sites for hydroxylation is 2. The van der Waals surface area contributed by atoms with Gasteiger partial charge in [-0.05, 0) is 61.1 Å². The number of ether oxygens (including phenoxy) is 1. The van der Waals surface area contributed by atoms with Gasteiger partial charge in [-0.2, -0.15) is 15.6 Å². The van der Waals surface area contributed by atoms with Gasteiger partial charge in [0.2, 0.25) is 0 Å². The molecule has 1 saturated heterocycles. The van der Waals surface area contributed by atoms with Crippen LogP contribution in [0.2, 0.25) is 0 Å². The van der Waals surface area contributed by atoms with Gasteiger partial charge in [-0.25, -0.2) is 10.6 Å². The molecule has 2 aliphatic heterocycles. The number of carbonyl (C=O) groups is 1. The lowest BCUT2D eigenvalue weighted by Crippen LogP contribution is -2.50. The zero-order chi connectivity index (χ0) is 23.6. The Kier molecular flexibility index (Phi) is 11.1. The number of halogens is 1. The summed E-state index contributed by atoms with van der Waals surface area (Å²) in [5, 5.41) is 0. The molecule has 1 amide bonds. The first-order valence-corrected chi connectivity index (χ1v) is 14.4. The van der Waals surface area contributed by atoms with E-state index in [1.807, 2.05) is 11.8 Å². The number of carbonyl (C=O) groups excluding carboxylic acids is 1. The highest BCUT2D eigenvalue weighted by molar-refractivity contribution is 8.01. The average Bonchev–Trinajstić information content (AvgIpc) is 2.81. The smallest absolute Gasteiger partial charge is 0.421 e. The highest BCUT2D eigenvalue weighted by Gasteiger charge is 2.40. The molecule has 0 radical (unpaired) electrons. The summed E-state index contributed by atoms with van der Waals surface area (Å²) >= 11 is 2.28. The van der Waals surface area contributed by atoms with Crippen molar-refractivity contribution >= 4 is 30.0 Å². The summed E-state index contributed by atoms with van der Waals surface area (Å²) in [5.41, 5.74) is 7.68. The summed E-state index contributed by atoms with van der Waals surface area (Å²) in [6, 6.07) is 5.00. The predicted octanol–water partition coefficient (Wildman–Crippen LogP) is 5.88. The van der Waals surface area contributed by atoms with E-state index >= 15 is 0 Å². The van der Waals surface area contributed by atoms with Crippen LogP contribution in [0.3, 0.4) is 0 Å². The topological polar surface area (TPSA) is 67.6 Å². The maximum Gasteiger partial charge on any atom is 0.421 e. The fourth-order valence-electron chi connectivity index (χ4n) is 5.29. The molecule has 0 spiro atoms. The zero-order valence-electron chi connectivity index (χ0n) is 20.1. The summed E-state index contributed by atoms with van der Waals surface area (Å²) in [5.74, 6) is 8.31. The van der Waals surface area contributed by atoms with Crippen LogP contribution in [0.1, 0.15) is 73.2 Å². The van der Waals surface area contributed by atoms with Crippen molar-refractivity contribution in [1.82, 2.24) is 10.3 Å². The monoisotopic (exact) mass is 497 g/mol. The minimum Gasteiger partial charge on any atom is -0.445 e. The van der Waals surface area contributed by atoms with Crippen molar-refractivity contribution in [2.45, 2.75) is 77.4 Å². The van der Waals surface area contributed by atoms with E-state index in [2.05, 4.69) is 36.3 Å². The van der Waals surface area contributed by atoms with Crippen LogP contribution in [0.25, 0.3) is 0 Å². The SMILES string of the molecule is Cc1cc2c(cc1C)[C@@H]1C[C@H](OC(=O)NN)[C@@H](CCCCCCCSCCSF)CN1CC2. The minimum absolute atomic E-state index is 0.105. The second kappa shape index (κ2) is 13.8. The lowest BCUT2D eigenvalue weighted by molar-refractivity contribution is -0.0262. The minimum atomic E-state index is -0.529. The van der Waals surface area contributed by atoms with Gasteiger partial charge in [0.15, 0.2) is 0 Å². The zero-order valence-corrected chi connectivity index (χ0v) is 21.7. The van der Waals surface area contributed by atoms with Gasteiger partial charge in [0.1, 0.15) is 6.10 Å². The molecule has 2 aliphatic rings. The lowest BCUT2D eigenvalue weighted by atomic mass is 9.79. The molecule has 3 rings (SSSR count). The van der Waals surface area contributed by atoms with Crippen LogP contribution in [-0.2, 0) is 11.2 Å². The summed E-state index contributed by atoms with van der Waals surface area (Å²) in [7, 11) is 0. The molecule has 0 unspecified atom stereocenters. The molecule has 1 aromatic rings. The standard InChI is InChI=1S/C25H40FN3O2S2/c1-18-14-20-9-10-29-17-21(8-6-4-3-5-7-11-32-12-13-33-26)24(31-25(30)28-27)16-23(29)22(20)15-19(18)2/h14-15,21,23-24H,3-13,16-17,27H2,1-2H3,(H,28,30)/t21-,23-,24-/m0/s1. The van der Waals surface area contributed by atoms with E-state index in [0.29, 0.717) is 29.9 Å². The first-order chi connectivity index (χ1) is 16.0. The average molecular weight is 498 g/mol. The van der Waals surface area contributed by atoms with Gasteiger partial charge < -0.3 is 4.74 Å². The van der Waals surface area contributed by atoms with Crippen LogP contribution >= 0.6 is 23.9 Å². The largest absolute Gasteiger partial charge is 0.445 e. The number of hydrogen-bond acceptors (Lipinski definition) is 6. The van der Waals surface area contributed by atoms with Crippen LogP contribution in [-0.4, -0.2) is 47.4 Å². The number of amides is 1.